The minimum Gasteiger partial charge on any atom is -0.477 e. The molecule has 9 heteroatoms. The first-order chi connectivity index (χ1) is 27.6. The van der Waals surface area contributed by atoms with E-state index in [1.807, 2.05) is 21.1 Å². The Balaban J connectivity index is 4.43. The monoisotopic (exact) mass is 809 g/mol. The molecule has 2 atom stereocenters. The zero-order valence-corrected chi connectivity index (χ0v) is 37.8. The van der Waals surface area contributed by atoms with Crippen LogP contribution in [0.1, 0.15) is 206 Å². The molecule has 2 unspecified atom stereocenters. The number of carbonyl (C=O) groups is 3. The van der Waals surface area contributed by atoms with Crippen molar-refractivity contribution < 1.29 is 42.9 Å². The number of likely N-dealkylation sites (N-methyl/N-ethyl adjacent to an activating group) is 1. The molecule has 0 aromatic carbocycles. The highest BCUT2D eigenvalue weighted by Crippen LogP contribution is 2.14. The van der Waals surface area contributed by atoms with Gasteiger partial charge in [0.25, 0.3) is 6.29 Å². The summed E-state index contributed by atoms with van der Waals surface area (Å²) in [4.78, 5) is 37.1. The van der Waals surface area contributed by atoms with E-state index in [1.165, 1.54) is 109 Å². The minimum absolute atomic E-state index is 0.186. The quantitative estimate of drug-likeness (QED) is 0.0213. The predicted octanol–water partition coefficient (Wildman–Crippen LogP) is 12.4. The summed E-state index contributed by atoms with van der Waals surface area (Å²) in [5, 5.41) is 9.64. The fourth-order valence-electron chi connectivity index (χ4n) is 6.47. The molecule has 334 valence electrons. The van der Waals surface area contributed by atoms with Gasteiger partial charge < -0.3 is 28.5 Å². The molecular formula is C48H90NO8+. The second-order valence-corrected chi connectivity index (χ2v) is 17.1. The lowest BCUT2D eigenvalue weighted by Gasteiger charge is -2.25. The third-order valence-corrected chi connectivity index (χ3v) is 10.2. The standard InChI is InChI=1S/C48H89NO8/c1-6-8-10-12-14-16-18-20-22-24-26-28-30-32-34-36-38-45(50)55-42-44(43-56-48(47(52)53)54-41-40-49(3,4)5)57-46(51)39-37-35-33-31-29-27-25-23-21-19-17-15-13-11-9-7-2/h22-25,44,48H,6-21,26-43H2,1-5H3/p+1/b24-22-,25-23-. The van der Waals surface area contributed by atoms with Crippen molar-refractivity contribution in [1.29, 1.82) is 0 Å². The summed E-state index contributed by atoms with van der Waals surface area (Å²) in [6.07, 6.45) is 40.9. The lowest BCUT2D eigenvalue weighted by molar-refractivity contribution is -0.870. The van der Waals surface area contributed by atoms with Gasteiger partial charge in [0.2, 0.25) is 0 Å². The van der Waals surface area contributed by atoms with Crippen LogP contribution in [-0.4, -0.2) is 87.4 Å². The average molecular weight is 809 g/mol. The van der Waals surface area contributed by atoms with E-state index >= 15 is 0 Å². The highest BCUT2D eigenvalue weighted by atomic mass is 16.7. The molecular weight excluding hydrogens is 719 g/mol. The first-order valence-corrected chi connectivity index (χ1v) is 23.5. The van der Waals surface area contributed by atoms with Crippen LogP contribution in [0.4, 0.5) is 0 Å². The molecule has 0 amide bonds. The number of quaternary nitrogens is 1. The van der Waals surface area contributed by atoms with Crippen molar-refractivity contribution in [2.24, 2.45) is 0 Å². The van der Waals surface area contributed by atoms with Crippen LogP contribution in [0.2, 0.25) is 0 Å². The largest absolute Gasteiger partial charge is 0.477 e. The Kier molecular flexibility index (Phi) is 39.0. The van der Waals surface area contributed by atoms with Crippen LogP contribution < -0.4 is 0 Å². The van der Waals surface area contributed by atoms with Gasteiger partial charge in [0.15, 0.2) is 6.10 Å². The van der Waals surface area contributed by atoms with Crippen LogP contribution >= 0.6 is 0 Å². The summed E-state index contributed by atoms with van der Waals surface area (Å²) in [5.74, 6) is -2.02. The third kappa shape index (κ3) is 41.7. The number of carboxylic acids is 1. The van der Waals surface area contributed by atoms with Crippen molar-refractivity contribution in [2.75, 3.05) is 47.5 Å². The summed E-state index contributed by atoms with van der Waals surface area (Å²) in [7, 11) is 5.95. The maximum absolute atomic E-state index is 12.8. The minimum atomic E-state index is -1.51. The Labute approximate surface area is 350 Å². The Bertz CT molecular complexity index is 991. The van der Waals surface area contributed by atoms with Crippen molar-refractivity contribution in [3.63, 3.8) is 0 Å². The topological polar surface area (TPSA) is 108 Å². The molecule has 0 aromatic heterocycles. The lowest BCUT2D eigenvalue weighted by atomic mass is 10.1. The van der Waals surface area contributed by atoms with E-state index in [0.717, 1.165) is 64.2 Å². The van der Waals surface area contributed by atoms with Crippen LogP contribution in [0.3, 0.4) is 0 Å². The first-order valence-electron chi connectivity index (χ1n) is 23.5. The van der Waals surface area contributed by atoms with Crippen molar-refractivity contribution in [3.8, 4) is 0 Å². The van der Waals surface area contributed by atoms with Gasteiger partial charge in [-0.15, -0.1) is 0 Å². The average Bonchev–Trinajstić information content (AvgIpc) is 3.17. The number of ether oxygens (including phenoxy) is 4. The first kappa shape index (κ1) is 54.8. The maximum Gasteiger partial charge on any atom is 0.361 e. The fraction of sp³-hybridized carbons (Fsp3) is 0.854. The highest BCUT2D eigenvalue weighted by Gasteiger charge is 2.25. The number of esters is 2. The number of hydrogen-bond acceptors (Lipinski definition) is 7. The van der Waals surface area contributed by atoms with E-state index in [4.69, 9.17) is 18.9 Å². The van der Waals surface area contributed by atoms with Gasteiger partial charge in [-0.2, -0.15) is 0 Å². The summed E-state index contributed by atoms with van der Waals surface area (Å²) >= 11 is 0. The SMILES string of the molecule is CCCCCCCCC/C=C\CCCCCCCC(=O)OCC(COC(OCC[N+](C)(C)C)C(=O)O)OC(=O)CCCCCCC/C=C\CCCCCCCCC. The van der Waals surface area contributed by atoms with Crippen molar-refractivity contribution in [1.82, 2.24) is 0 Å². The summed E-state index contributed by atoms with van der Waals surface area (Å²) in [6.45, 7) is 4.86. The number of carbonyl (C=O) groups excluding carboxylic acids is 2. The number of rotatable bonds is 43. The number of hydrogen-bond donors (Lipinski definition) is 1. The van der Waals surface area contributed by atoms with E-state index in [-0.39, 0.29) is 32.2 Å². The van der Waals surface area contributed by atoms with Gasteiger partial charge >= 0.3 is 17.9 Å². The Morgan fingerprint density at radius 1 is 0.509 bits per heavy atom. The van der Waals surface area contributed by atoms with Crippen molar-refractivity contribution in [3.05, 3.63) is 24.3 Å². The molecule has 57 heavy (non-hydrogen) atoms. The second kappa shape index (κ2) is 40.5. The van der Waals surface area contributed by atoms with E-state index in [2.05, 4.69) is 38.2 Å². The Morgan fingerprint density at radius 2 is 0.895 bits per heavy atom. The van der Waals surface area contributed by atoms with E-state index < -0.39 is 24.3 Å². The molecule has 0 saturated carbocycles. The lowest BCUT2D eigenvalue weighted by Crippen LogP contribution is -2.40. The number of nitrogens with zero attached hydrogens (tertiary/aromatic N) is 1. The fourth-order valence-corrected chi connectivity index (χ4v) is 6.47. The van der Waals surface area contributed by atoms with Gasteiger partial charge in [0.05, 0.1) is 34.4 Å². The number of unbranched alkanes of at least 4 members (excludes halogenated alkanes) is 24. The van der Waals surface area contributed by atoms with Crippen LogP contribution in [0, 0.1) is 0 Å². The molecule has 0 aliphatic heterocycles. The van der Waals surface area contributed by atoms with Gasteiger partial charge in [0.1, 0.15) is 13.2 Å². The van der Waals surface area contributed by atoms with E-state index in [9.17, 15) is 19.5 Å². The molecule has 0 bridgehead atoms. The maximum atomic E-state index is 12.8. The van der Waals surface area contributed by atoms with Crippen LogP contribution in [0.25, 0.3) is 0 Å². The Hall–Kier alpha value is -2.23. The number of allylic oxidation sites excluding steroid dienone is 4. The van der Waals surface area contributed by atoms with Crippen molar-refractivity contribution >= 4 is 17.9 Å². The molecule has 0 spiro atoms. The number of aliphatic carboxylic acids is 1. The van der Waals surface area contributed by atoms with Crippen LogP contribution in [-0.2, 0) is 33.3 Å². The molecule has 1 N–H and O–H groups in total. The summed E-state index contributed by atoms with van der Waals surface area (Å²) < 4.78 is 22.7. The Morgan fingerprint density at radius 3 is 1.30 bits per heavy atom. The van der Waals surface area contributed by atoms with Gasteiger partial charge in [-0.1, -0.05) is 154 Å². The zero-order valence-electron chi connectivity index (χ0n) is 37.8. The molecule has 0 radical (unpaired) electrons. The van der Waals surface area contributed by atoms with E-state index in [0.29, 0.717) is 23.9 Å². The smallest absolute Gasteiger partial charge is 0.361 e. The van der Waals surface area contributed by atoms with Crippen molar-refractivity contribution in [2.45, 2.75) is 219 Å². The van der Waals surface area contributed by atoms with Crippen LogP contribution in [0.5, 0.6) is 0 Å². The molecule has 0 aliphatic rings. The summed E-state index contributed by atoms with van der Waals surface area (Å²) in [6, 6.07) is 0. The molecule has 0 aromatic rings. The normalized spacial score (nSPS) is 13.1. The van der Waals surface area contributed by atoms with Gasteiger partial charge in [0, 0.05) is 12.8 Å². The summed E-state index contributed by atoms with van der Waals surface area (Å²) in [5.41, 5.74) is 0. The second-order valence-electron chi connectivity index (χ2n) is 17.1. The molecule has 0 rings (SSSR count). The van der Waals surface area contributed by atoms with Gasteiger partial charge in [-0.3, -0.25) is 9.59 Å². The molecule has 0 fully saturated rings. The zero-order chi connectivity index (χ0) is 42.1. The third-order valence-electron chi connectivity index (χ3n) is 10.2. The van der Waals surface area contributed by atoms with Crippen LogP contribution in [0.15, 0.2) is 24.3 Å². The molecule has 0 saturated heterocycles. The van der Waals surface area contributed by atoms with Gasteiger partial charge in [-0.25, -0.2) is 4.79 Å². The van der Waals surface area contributed by atoms with Gasteiger partial charge in [-0.05, 0) is 64.2 Å². The number of carboxylic acid groups (broad SMARTS) is 1. The van der Waals surface area contributed by atoms with E-state index in [1.54, 1.807) is 0 Å². The predicted molar refractivity (Wildman–Crippen MR) is 235 cm³/mol. The highest BCUT2D eigenvalue weighted by molar-refractivity contribution is 5.71. The molecule has 0 aliphatic carbocycles. The molecule has 9 nitrogen and oxygen atoms in total. The molecule has 0 heterocycles.